The van der Waals surface area contributed by atoms with Gasteiger partial charge in [0.25, 0.3) is 0 Å². The van der Waals surface area contributed by atoms with Gasteiger partial charge in [-0.25, -0.2) is 13.4 Å². The predicted octanol–water partition coefficient (Wildman–Crippen LogP) is 0.301. The minimum atomic E-state index is -2.99. The molecule has 20 heavy (non-hydrogen) atoms. The maximum Gasteiger partial charge on any atom is 0.217 e. The van der Waals surface area contributed by atoms with E-state index in [2.05, 4.69) is 14.5 Å². The number of piperazine rings is 1. The van der Waals surface area contributed by atoms with Gasteiger partial charge in [-0.2, -0.15) is 4.31 Å². The normalized spacial score (nSPS) is 22.2. The van der Waals surface area contributed by atoms with E-state index in [0.717, 1.165) is 44.8 Å². The Morgan fingerprint density at radius 3 is 2.45 bits per heavy atom. The van der Waals surface area contributed by atoms with Gasteiger partial charge >= 0.3 is 0 Å². The Morgan fingerprint density at radius 1 is 1.20 bits per heavy atom. The van der Waals surface area contributed by atoms with Crippen LogP contribution in [0.2, 0.25) is 0 Å². The van der Waals surface area contributed by atoms with Crippen LogP contribution in [0.4, 0.5) is 0 Å². The van der Waals surface area contributed by atoms with E-state index in [4.69, 9.17) is 0 Å². The van der Waals surface area contributed by atoms with E-state index in [1.807, 2.05) is 19.3 Å². The van der Waals surface area contributed by atoms with Gasteiger partial charge in [0.15, 0.2) is 0 Å². The molecule has 0 atom stereocenters. The number of imidazole rings is 1. The van der Waals surface area contributed by atoms with Crippen molar-refractivity contribution in [1.82, 2.24) is 18.8 Å². The first kappa shape index (κ1) is 14.0. The molecule has 2 aliphatic rings. The lowest BCUT2D eigenvalue weighted by Crippen LogP contribution is -2.50. The molecule has 1 saturated heterocycles. The Kier molecular flexibility index (Phi) is 3.83. The Hall–Kier alpha value is -0.920. The molecule has 7 heteroatoms. The molecule has 2 heterocycles. The number of rotatable bonds is 5. The van der Waals surface area contributed by atoms with Crippen molar-refractivity contribution in [3.8, 4) is 0 Å². The summed E-state index contributed by atoms with van der Waals surface area (Å²) in [5.41, 5.74) is 0. The number of sulfonamides is 1. The van der Waals surface area contributed by atoms with Gasteiger partial charge in [-0.05, 0) is 19.8 Å². The fourth-order valence-corrected chi connectivity index (χ4v) is 4.50. The van der Waals surface area contributed by atoms with E-state index >= 15 is 0 Å². The molecule has 6 nitrogen and oxygen atoms in total. The highest BCUT2D eigenvalue weighted by Crippen LogP contribution is 2.31. The van der Waals surface area contributed by atoms with Gasteiger partial charge in [0.05, 0.1) is 5.25 Å². The lowest BCUT2D eigenvalue weighted by atomic mass is 10.3. The minimum Gasteiger partial charge on any atom is -0.334 e. The summed E-state index contributed by atoms with van der Waals surface area (Å²) in [4.78, 5) is 6.54. The maximum atomic E-state index is 12.1. The highest BCUT2D eigenvalue weighted by molar-refractivity contribution is 7.90. The van der Waals surface area contributed by atoms with Gasteiger partial charge in [0.2, 0.25) is 10.0 Å². The molecule has 0 amide bonds. The Morgan fingerprint density at radius 2 is 1.90 bits per heavy atom. The Balaban J connectivity index is 1.48. The van der Waals surface area contributed by atoms with Gasteiger partial charge in [-0.15, -0.1) is 0 Å². The molecular formula is C13H22N4O2S. The summed E-state index contributed by atoms with van der Waals surface area (Å²) in [6, 6.07) is 0. The molecule has 0 radical (unpaired) electrons. The number of hydrogen-bond acceptors (Lipinski definition) is 4. The summed E-state index contributed by atoms with van der Waals surface area (Å²) < 4.78 is 28.1. The van der Waals surface area contributed by atoms with Crippen LogP contribution in [-0.4, -0.2) is 65.1 Å². The molecule has 112 valence electrons. The summed E-state index contributed by atoms with van der Waals surface area (Å²) in [6.07, 6.45) is 5.50. The molecule has 0 N–H and O–H groups in total. The molecule has 1 aromatic rings. The van der Waals surface area contributed by atoms with Crippen LogP contribution in [0.1, 0.15) is 18.7 Å². The monoisotopic (exact) mass is 298 g/mol. The molecule has 0 aromatic carbocycles. The first-order valence-corrected chi connectivity index (χ1v) is 8.77. The van der Waals surface area contributed by atoms with E-state index in [0.29, 0.717) is 13.1 Å². The van der Waals surface area contributed by atoms with Gasteiger partial charge in [-0.1, -0.05) is 0 Å². The van der Waals surface area contributed by atoms with Crippen LogP contribution in [0.5, 0.6) is 0 Å². The third kappa shape index (κ3) is 2.89. The van der Waals surface area contributed by atoms with E-state index in [1.54, 1.807) is 4.31 Å². The van der Waals surface area contributed by atoms with Gasteiger partial charge in [0.1, 0.15) is 5.82 Å². The minimum absolute atomic E-state index is 0.0809. The second-order valence-corrected chi connectivity index (χ2v) is 7.87. The lowest BCUT2D eigenvalue weighted by molar-refractivity contribution is 0.182. The van der Waals surface area contributed by atoms with Crippen molar-refractivity contribution < 1.29 is 8.42 Å². The number of aromatic nitrogens is 2. The lowest BCUT2D eigenvalue weighted by Gasteiger charge is -2.34. The average molecular weight is 298 g/mol. The van der Waals surface area contributed by atoms with Crippen LogP contribution in [0, 0.1) is 6.92 Å². The smallest absolute Gasteiger partial charge is 0.217 e. The molecule has 1 aromatic heterocycles. The van der Waals surface area contributed by atoms with Crippen molar-refractivity contribution in [2.75, 3.05) is 32.7 Å². The number of hydrogen-bond donors (Lipinski definition) is 0. The number of nitrogens with zero attached hydrogens (tertiary/aromatic N) is 4. The predicted molar refractivity (Wildman–Crippen MR) is 76.9 cm³/mol. The van der Waals surface area contributed by atoms with Crippen LogP contribution >= 0.6 is 0 Å². The van der Waals surface area contributed by atoms with Crippen molar-refractivity contribution >= 4 is 10.0 Å². The summed E-state index contributed by atoms with van der Waals surface area (Å²) in [7, 11) is -2.99. The zero-order chi connectivity index (χ0) is 14.2. The van der Waals surface area contributed by atoms with Crippen molar-refractivity contribution in [3.05, 3.63) is 18.2 Å². The fraction of sp³-hybridized carbons (Fsp3) is 0.769. The highest BCUT2D eigenvalue weighted by atomic mass is 32.2. The Bertz CT molecular complexity index is 557. The summed E-state index contributed by atoms with van der Waals surface area (Å²) in [6.45, 7) is 6.82. The van der Waals surface area contributed by atoms with Crippen LogP contribution in [0.3, 0.4) is 0 Å². The van der Waals surface area contributed by atoms with E-state index < -0.39 is 10.0 Å². The Labute approximate surface area is 120 Å². The summed E-state index contributed by atoms with van der Waals surface area (Å²) in [5, 5.41) is -0.0809. The van der Waals surface area contributed by atoms with Gasteiger partial charge < -0.3 is 4.57 Å². The molecule has 0 spiro atoms. The molecule has 3 rings (SSSR count). The van der Waals surface area contributed by atoms with Crippen LogP contribution in [0.25, 0.3) is 0 Å². The molecule has 1 saturated carbocycles. The molecule has 1 aliphatic heterocycles. The third-order valence-electron chi connectivity index (χ3n) is 4.22. The average Bonchev–Trinajstić information content (AvgIpc) is 3.22. The van der Waals surface area contributed by atoms with Gasteiger partial charge in [-0.3, -0.25) is 4.90 Å². The summed E-state index contributed by atoms with van der Waals surface area (Å²) >= 11 is 0. The molecule has 0 unspecified atom stereocenters. The third-order valence-corrected chi connectivity index (χ3v) is 6.62. The quantitative estimate of drug-likeness (QED) is 0.784. The topological polar surface area (TPSA) is 58.4 Å². The van der Waals surface area contributed by atoms with Crippen LogP contribution in [0.15, 0.2) is 12.4 Å². The summed E-state index contributed by atoms with van der Waals surface area (Å²) in [5.74, 6) is 1.03. The van der Waals surface area contributed by atoms with Gasteiger partial charge in [0, 0.05) is 51.7 Å². The van der Waals surface area contributed by atoms with E-state index in [1.165, 1.54) is 0 Å². The fourth-order valence-electron chi connectivity index (χ4n) is 2.67. The van der Waals surface area contributed by atoms with E-state index in [9.17, 15) is 8.42 Å². The zero-order valence-electron chi connectivity index (χ0n) is 11.9. The van der Waals surface area contributed by atoms with Crippen LogP contribution < -0.4 is 0 Å². The molecule has 0 bridgehead atoms. The highest BCUT2D eigenvalue weighted by Gasteiger charge is 2.40. The van der Waals surface area contributed by atoms with Crippen molar-refractivity contribution in [1.29, 1.82) is 0 Å². The maximum absolute atomic E-state index is 12.1. The molecular weight excluding hydrogens is 276 g/mol. The standard InChI is InChI=1S/C13H22N4O2S/c1-12-14-4-5-16(12)9-6-15-7-10-17(11-8-15)20(18,19)13-2-3-13/h4-5,13H,2-3,6-11H2,1H3. The number of aryl methyl sites for hydroxylation is 1. The molecule has 1 aliphatic carbocycles. The van der Waals surface area contributed by atoms with Crippen molar-refractivity contribution in [3.63, 3.8) is 0 Å². The first-order valence-electron chi connectivity index (χ1n) is 7.26. The SMILES string of the molecule is Cc1nccn1CCN1CCN(S(=O)(=O)C2CC2)CC1. The second-order valence-electron chi connectivity index (χ2n) is 5.65. The van der Waals surface area contributed by atoms with Crippen molar-refractivity contribution in [2.45, 2.75) is 31.6 Å². The van der Waals surface area contributed by atoms with Crippen molar-refractivity contribution in [2.24, 2.45) is 0 Å². The van der Waals surface area contributed by atoms with E-state index in [-0.39, 0.29) is 5.25 Å². The first-order chi connectivity index (χ1) is 9.57. The molecule has 2 fully saturated rings. The largest absolute Gasteiger partial charge is 0.334 e. The second kappa shape index (κ2) is 5.46. The van der Waals surface area contributed by atoms with Crippen LogP contribution in [-0.2, 0) is 16.6 Å². The zero-order valence-corrected chi connectivity index (χ0v) is 12.7.